The molecule has 0 aliphatic heterocycles. The van der Waals surface area contributed by atoms with Gasteiger partial charge < -0.3 is 9.53 Å². The van der Waals surface area contributed by atoms with E-state index in [4.69, 9.17) is 4.43 Å². The Hall–Kier alpha value is -0.0862. The molecule has 0 aromatic rings. The van der Waals surface area contributed by atoms with Crippen molar-refractivity contribution in [2.75, 3.05) is 0 Å². The van der Waals surface area contributed by atoms with Gasteiger partial charge in [-0.3, -0.25) is 0 Å². The first-order valence-corrected chi connectivity index (χ1v) is 14.0. The quantitative estimate of drug-likeness (QED) is 0.620. The summed E-state index contributed by atoms with van der Waals surface area (Å²) in [6.07, 6.45) is -0.685. The van der Waals surface area contributed by atoms with Crippen LogP contribution in [0.4, 0.5) is 0 Å². The van der Waals surface area contributed by atoms with Gasteiger partial charge >= 0.3 is 0 Å². The molecule has 1 N–H and O–H groups in total. The first kappa shape index (κ1) is 19.9. The molecule has 0 heterocycles. The molecule has 0 aromatic carbocycles. The predicted octanol–water partition coefficient (Wildman–Crippen LogP) is 4.27. The van der Waals surface area contributed by atoms with Crippen LogP contribution in [0.3, 0.4) is 0 Å². The first-order valence-electron chi connectivity index (χ1n) is 7.56. The van der Waals surface area contributed by atoms with Gasteiger partial charge in [-0.2, -0.15) is 0 Å². The third-order valence-electron chi connectivity index (χ3n) is 3.95. The van der Waals surface area contributed by atoms with Crippen molar-refractivity contribution in [2.24, 2.45) is 5.92 Å². The van der Waals surface area contributed by atoms with Crippen LogP contribution in [-0.2, 0) is 4.43 Å². The van der Waals surface area contributed by atoms with E-state index >= 15 is 0 Å². The first-order chi connectivity index (χ1) is 8.67. The van der Waals surface area contributed by atoms with E-state index in [1.807, 2.05) is 13.8 Å². The number of hydrogen-bond donors (Lipinski definition) is 1. The van der Waals surface area contributed by atoms with Crippen molar-refractivity contribution in [3.05, 3.63) is 0 Å². The molecule has 0 radical (unpaired) electrons. The number of aliphatic hydroxyl groups is 1. The number of rotatable bonds is 4. The molecule has 0 unspecified atom stereocenters. The van der Waals surface area contributed by atoms with Gasteiger partial charge in [-0.15, -0.1) is 11.5 Å². The van der Waals surface area contributed by atoms with Crippen molar-refractivity contribution in [1.29, 1.82) is 0 Å². The lowest BCUT2D eigenvalue weighted by Gasteiger charge is -2.40. The Morgan fingerprint density at radius 3 is 1.80 bits per heavy atom. The lowest BCUT2D eigenvalue weighted by atomic mass is 10.0. The van der Waals surface area contributed by atoms with Gasteiger partial charge in [0.15, 0.2) is 8.32 Å². The summed E-state index contributed by atoms with van der Waals surface area (Å²) in [7, 11) is -3.22. The molecular weight excluding hydrogens is 280 g/mol. The van der Waals surface area contributed by atoms with Crippen LogP contribution in [0.25, 0.3) is 0 Å². The Bertz CT molecular complexity index is 367. The monoisotopic (exact) mass is 314 g/mol. The van der Waals surface area contributed by atoms with Crippen molar-refractivity contribution >= 4 is 16.4 Å². The molecule has 0 spiro atoms. The third-order valence-corrected chi connectivity index (χ3v) is 9.42. The second-order valence-electron chi connectivity index (χ2n) is 8.38. The van der Waals surface area contributed by atoms with Gasteiger partial charge in [-0.25, -0.2) is 0 Å². The molecule has 0 bridgehead atoms. The zero-order chi connectivity index (χ0) is 16.4. The van der Waals surface area contributed by atoms with Crippen LogP contribution in [0, 0.1) is 17.4 Å². The summed E-state index contributed by atoms with van der Waals surface area (Å²) < 4.78 is 6.25. The minimum atomic E-state index is -1.84. The topological polar surface area (TPSA) is 29.5 Å². The molecule has 0 aliphatic rings. The normalized spacial score (nSPS) is 17.9. The molecule has 0 aromatic heterocycles. The maximum absolute atomic E-state index is 10.4. The van der Waals surface area contributed by atoms with E-state index in [0.717, 1.165) is 0 Å². The fraction of sp³-hybridized carbons (Fsp3) is 0.875. The summed E-state index contributed by atoms with van der Waals surface area (Å²) in [5.74, 6) is 3.18. The van der Waals surface area contributed by atoms with Gasteiger partial charge in [0.2, 0.25) is 0 Å². The zero-order valence-corrected chi connectivity index (χ0v) is 17.1. The highest BCUT2D eigenvalue weighted by Gasteiger charge is 2.40. The SMILES string of the molecule is C[C@H](O[Si](C)(C)C(C)(C)C)[C@@H](O)[C@@H](C)C#C[Si](C)(C)C. The largest absolute Gasteiger partial charge is 0.412 e. The van der Waals surface area contributed by atoms with Crippen molar-refractivity contribution in [2.45, 2.75) is 84.6 Å². The maximum Gasteiger partial charge on any atom is 0.192 e. The van der Waals surface area contributed by atoms with Gasteiger partial charge in [0.1, 0.15) is 8.07 Å². The Labute approximate surface area is 128 Å². The highest BCUT2D eigenvalue weighted by atomic mass is 28.4. The molecule has 0 aliphatic carbocycles. The van der Waals surface area contributed by atoms with Crippen molar-refractivity contribution in [3.8, 4) is 11.5 Å². The molecule has 0 amide bonds. The highest BCUT2D eigenvalue weighted by Crippen LogP contribution is 2.37. The molecule has 2 nitrogen and oxygen atoms in total. The van der Waals surface area contributed by atoms with E-state index in [-0.39, 0.29) is 17.1 Å². The van der Waals surface area contributed by atoms with E-state index in [2.05, 4.69) is 65.0 Å². The van der Waals surface area contributed by atoms with Crippen molar-refractivity contribution in [3.63, 3.8) is 0 Å². The Morgan fingerprint density at radius 2 is 1.45 bits per heavy atom. The van der Waals surface area contributed by atoms with Crippen molar-refractivity contribution < 1.29 is 9.53 Å². The van der Waals surface area contributed by atoms with E-state index in [9.17, 15) is 5.11 Å². The Morgan fingerprint density at radius 1 is 1.00 bits per heavy atom. The summed E-state index contributed by atoms with van der Waals surface area (Å²) in [4.78, 5) is 0. The van der Waals surface area contributed by atoms with Crippen LogP contribution in [0.15, 0.2) is 0 Å². The van der Waals surface area contributed by atoms with Gasteiger partial charge in [0.05, 0.1) is 12.2 Å². The smallest absolute Gasteiger partial charge is 0.192 e. The van der Waals surface area contributed by atoms with Crippen LogP contribution < -0.4 is 0 Å². The summed E-state index contributed by atoms with van der Waals surface area (Å²) in [6, 6.07) is 0. The standard InChI is InChI=1S/C16H34O2Si2/c1-13(11-12-19(6,7)8)15(17)14(2)18-20(9,10)16(3,4)5/h13-15,17H,1-10H3/t13-,14-,15-/m0/s1. The van der Waals surface area contributed by atoms with Gasteiger partial charge in [0, 0.05) is 5.92 Å². The molecule has 4 heteroatoms. The van der Waals surface area contributed by atoms with E-state index in [1.165, 1.54) is 0 Å². The average Bonchev–Trinajstić information content (AvgIpc) is 2.21. The maximum atomic E-state index is 10.4. The predicted molar refractivity (Wildman–Crippen MR) is 94.0 cm³/mol. The molecule has 118 valence electrons. The molecular formula is C16H34O2Si2. The van der Waals surface area contributed by atoms with Crippen LogP contribution in [0.2, 0.25) is 37.8 Å². The minimum absolute atomic E-state index is 0.0403. The molecule has 20 heavy (non-hydrogen) atoms. The highest BCUT2D eigenvalue weighted by molar-refractivity contribution is 6.83. The number of aliphatic hydroxyl groups excluding tert-OH is 1. The molecule has 0 rings (SSSR count). The Kier molecular flexibility index (Phi) is 6.75. The molecule has 0 saturated carbocycles. The van der Waals surface area contributed by atoms with E-state index in [1.54, 1.807) is 0 Å². The minimum Gasteiger partial charge on any atom is -0.412 e. The fourth-order valence-electron chi connectivity index (χ4n) is 1.53. The second-order valence-corrected chi connectivity index (χ2v) is 17.9. The zero-order valence-electron chi connectivity index (χ0n) is 15.1. The summed E-state index contributed by atoms with van der Waals surface area (Å²) in [6.45, 7) is 21.7. The summed E-state index contributed by atoms with van der Waals surface area (Å²) >= 11 is 0. The van der Waals surface area contributed by atoms with Gasteiger partial charge in [0.25, 0.3) is 0 Å². The Balaban J connectivity index is 4.78. The lowest BCUT2D eigenvalue weighted by Crippen LogP contribution is -2.47. The third kappa shape index (κ3) is 6.58. The van der Waals surface area contributed by atoms with Crippen LogP contribution >= 0.6 is 0 Å². The summed E-state index contributed by atoms with van der Waals surface area (Å²) in [5, 5.41) is 10.6. The van der Waals surface area contributed by atoms with Crippen LogP contribution in [-0.4, -0.2) is 33.7 Å². The van der Waals surface area contributed by atoms with Gasteiger partial charge in [-0.05, 0) is 32.0 Å². The van der Waals surface area contributed by atoms with Gasteiger partial charge in [-0.1, -0.05) is 40.4 Å². The molecule has 0 saturated heterocycles. The van der Waals surface area contributed by atoms with Crippen LogP contribution in [0.5, 0.6) is 0 Å². The molecule has 0 fully saturated rings. The fourth-order valence-corrected chi connectivity index (χ4v) is 3.62. The summed E-state index contributed by atoms with van der Waals surface area (Å²) in [5.41, 5.74) is 3.34. The number of hydrogen-bond acceptors (Lipinski definition) is 2. The lowest BCUT2D eigenvalue weighted by molar-refractivity contribution is 0.0190. The molecule has 3 atom stereocenters. The van der Waals surface area contributed by atoms with E-state index < -0.39 is 22.5 Å². The second kappa shape index (κ2) is 6.78. The van der Waals surface area contributed by atoms with Crippen molar-refractivity contribution in [1.82, 2.24) is 0 Å². The average molecular weight is 315 g/mol. The van der Waals surface area contributed by atoms with E-state index in [0.29, 0.717) is 0 Å². The van der Waals surface area contributed by atoms with Crippen LogP contribution in [0.1, 0.15) is 34.6 Å².